The summed E-state index contributed by atoms with van der Waals surface area (Å²) in [5.41, 5.74) is 0.372. The molecule has 1 saturated heterocycles. The number of rotatable bonds is 0. The average molecular weight is 139 g/mol. The van der Waals surface area contributed by atoms with Crippen LogP contribution in [0.15, 0.2) is 0 Å². The molecular weight excluding hydrogens is 126 g/mol. The van der Waals surface area contributed by atoms with Crippen LogP contribution >= 0.6 is 0 Å². The van der Waals surface area contributed by atoms with Crippen LogP contribution < -0.4 is 5.32 Å². The summed E-state index contributed by atoms with van der Waals surface area (Å²) in [6, 6.07) is 0. The summed E-state index contributed by atoms with van der Waals surface area (Å²) in [7, 11) is 0. The standard InChI is InChI=1S/C8H13NO/c1-5-6(2)8(5)3-7(10)9-4-8/h5-6H,3-4H2,1-2H3,(H,9,10). The minimum atomic E-state index is 0.246. The van der Waals surface area contributed by atoms with E-state index in [1.807, 2.05) is 0 Å². The Morgan fingerprint density at radius 1 is 1.50 bits per heavy atom. The lowest BCUT2D eigenvalue weighted by molar-refractivity contribution is -0.119. The molecule has 0 radical (unpaired) electrons. The van der Waals surface area contributed by atoms with Crippen molar-refractivity contribution in [3.8, 4) is 0 Å². The zero-order valence-corrected chi connectivity index (χ0v) is 6.48. The molecule has 2 fully saturated rings. The maximum absolute atomic E-state index is 10.9. The van der Waals surface area contributed by atoms with Crippen molar-refractivity contribution in [3.05, 3.63) is 0 Å². The number of amides is 1. The third-order valence-electron chi connectivity index (χ3n) is 3.56. The molecule has 2 nitrogen and oxygen atoms in total. The van der Waals surface area contributed by atoms with E-state index in [-0.39, 0.29) is 5.91 Å². The van der Waals surface area contributed by atoms with E-state index in [2.05, 4.69) is 19.2 Å². The van der Waals surface area contributed by atoms with Gasteiger partial charge in [-0.15, -0.1) is 0 Å². The third-order valence-corrected chi connectivity index (χ3v) is 3.56. The van der Waals surface area contributed by atoms with Crippen molar-refractivity contribution in [2.75, 3.05) is 6.54 Å². The fourth-order valence-electron chi connectivity index (χ4n) is 2.28. The van der Waals surface area contributed by atoms with Gasteiger partial charge in [-0.3, -0.25) is 4.79 Å². The van der Waals surface area contributed by atoms with Gasteiger partial charge < -0.3 is 5.32 Å². The highest BCUT2D eigenvalue weighted by Crippen LogP contribution is 2.61. The first kappa shape index (κ1) is 6.20. The van der Waals surface area contributed by atoms with Gasteiger partial charge in [0.1, 0.15) is 0 Å². The molecule has 1 spiro atoms. The van der Waals surface area contributed by atoms with E-state index in [0.29, 0.717) is 5.41 Å². The number of carbonyl (C=O) groups is 1. The Bertz CT molecular complexity index is 180. The number of carbonyl (C=O) groups excluding carboxylic acids is 1. The second-order valence-electron chi connectivity index (χ2n) is 3.76. The van der Waals surface area contributed by atoms with Gasteiger partial charge in [0.15, 0.2) is 0 Å². The Hall–Kier alpha value is -0.530. The molecule has 2 rings (SSSR count). The first-order valence-electron chi connectivity index (χ1n) is 3.93. The van der Waals surface area contributed by atoms with Crippen LogP contribution in [0.2, 0.25) is 0 Å². The second kappa shape index (κ2) is 1.55. The molecule has 1 saturated carbocycles. The zero-order chi connectivity index (χ0) is 7.35. The van der Waals surface area contributed by atoms with Crippen molar-refractivity contribution in [1.29, 1.82) is 0 Å². The van der Waals surface area contributed by atoms with Crippen LogP contribution in [0, 0.1) is 17.3 Å². The predicted octanol–water partition coefficient (Wildman–Crippen LogP) is 0.778. The Labute approximate surface area is 61.0 Å². The van der Waals surface area contributed by atoms with Crippen molar-refractivity contribution in [2.45, 2.75) is 20.3 Å². The fraction of sp³-hybridized carbons (Fsp3) is 0.875. The van der Waals surface area contributed by atoms with Gasteiger partial charge in [-0.1, -0.05) is 13.8 Å². The molecule has 1 aliphatic heterocycles. The molecule has 56 valence electrons. The Morgan fingerprint density at radius 2 is 2.10 bits per heavy atom. The number of hydrogen-bond acceptors (Lipinski definition) is 1. The summed E-state index contributed by atoms with van der Waals surface area (Å²) in [4.78, 5) is 10.9. The van der Waals surface area contributed by atoms with Gasteiger partial charge in [0.05, 0.1) is 0 Å². The summed E-state index contributed by atoms with van der Waals surface area (Å²) >= 11 is 0. The van der Waals surface area contributed by atoms with Gasteiger partial charge in [-0.2, -0.15) is 0 Å². The van der Waals surface area contributed by atoms with Gasteiger partial charge in [0.25, 0.3) is 0 Å². The lowest BCUT2D eigenvalue weighted by Gasteiger charge is -2.01. The molecule has 2 unspecified atom stereocenters. The van der Waals surface area contributed by atoms with Crippen molar-refractivity contribution in [1.82, 2.24) is 5.32 Å². The molecule has 2 atom stereocenters. The molecule has 1 aliphatic carbocycles. The molecule has 0 bridgehead atoms. The highest BCUT2D eigenvalue weighted by atomic mass is 16.1. The third kappa shape index (κ3) is 0.522. The molecule has 1 heterocycles. The van der Waals surface area contributed by atoms with E-state index in [0.717, 1.165) is 24.8 Å². The fourth-order valence-corrected chi connectivity index (χ4v) is 2.28. The minimum absolute atomic E-state index is 0.246. The second-order valence-corrected chi connectivity index (χ2v) is 3.76. The van der Waals surface area contributed by atoms with Crippen LogP contribution in [-0.4, -0.2) is 12.5 Å². The van der Waals surface area contributed by atoms with Crippen LogP contribution in [0.25, 0.3) is 0 Å². The van der Waals surface area contributed by atoms with Gasteiger partial charge in [0, 0.05) is 18.4 Å². The first-order chi connectivity index (χ1) is 4.67. The Morgan fingerprint density at radius 3 is 2.30 bits per heavy atom. The Balaban J connectivity index is 2.15. The quantitative estimate of drug-likeness (QED) is 0.528. The topological polar surface area (TPSA) is 29.1 Å². The number of hydrogen-bond donors (Lipinski definition) is 1. The molecular formula is C8H13NO. The normalized spacial score (nSPS) is 51.6. The van der Waals surface area contributed by atoms with E-state index in [9.17, 15) is 4.79 Å². The molecule has 1 amide bonds. The lowest BCUT2D eigenvalue weighted by atomic mass is 10.0. The monoisotopic (exact) mass is 139 g/mol. The van der Waals surface area contributed by atoms with E-state index in [1.54, 1.807) is 0 Å². The molecule has 2 aliphatic rings. The summed E-state index contributed by atoms with van der Waals surface area (Å²) in [6.45, 7) is 5.41. The van der Waals surface area contributed by atoms with Crippen LogP contribution in [-0.2, 0) is 4.79 Å². The van der Waals surface area contributed by atoms with Gasteiger partial charge in [0.2, 0.25) is 5.91 Å². The lowest BCUT2D eigenvalue weighted by Crippen LogP contribution is -2.14. The van der Waals surface area contributed by atoms with Crippen molar-refractivity contribution >= 4 is 5.91 Å². The van der Waals surface area contributed by atoms with Gasteiger partial charge in [-0.25, -0.2) is 0 Å². The van der Waals surface area contributed by atoms with Crippen LogP contribution in [0.3, 0.4) is 0 Å². The summed E-state index contributed by atoms with van der Waals surface area (Å²) in [5, 5.41) is 2.89. The highest BCUT2D eigenvalue weighted by Gasteiger charge is 2.61. The summed E-state index contributed by atoms with van der Waals surface area (Å²) < 4.78 is 0. The molecule has 1 N–H and O–H groups in total. The van der Waals surface area contributed by atoms with Crippen LogP contribution in [0.1, 0.15) is 20.3 Å². The smallest absolute Gasteiger partial charge is 0.220 e. The highest BCUT2D eigenvalue weighted by molar-refractivity contribution is 5.80. The average Bonchev–Trinajstić information content (AvgIpc) is 2.37. The van der Waals surface area contributed by atoms with Crippen molar-refractivity contribution < 1.29 is 4.79 Å². The Kier molecular flexibility index (Phi) is 0.960. The van der Waals surface area contributed by atoms with Crippen molar-refractivity contribution in [3.63, 3.8) is 0 Å². The first-order valence-corrected chi connectivity index (χ1v) is 3.93. The van der Waals surface area contributed by atoms with Gasteiger partial charge >= 0.3 is 0 Å². The molecule has 2 heteroatoms. The van der Waals surface area contributed by atoms with Crippen molar-refractivity contribution in [2.24, 2.45) is 17.3 Å². The predicted molar refractivity (Wildman–Crippen MR) is 38.4 cm³/mol. The maximum Gasteiger partial charge on any atom is 0.220 e. The van der Waals surface area contributed by atoms with Gasteiger partial charge in [-0.05, 0) is 11.8 Å². The van der Waals surface area contributed by atoms with E-state index in [1.165, 1.54) is 0 Å². The number of nitrogens with one attached hydrogen (secondary N) is 1. The molecule has 0 aromatic carbocycles. The SMILES string of the molecule is CC1C(C)C12CNC(=O)C2. The van der Waals surface area contributed by atoms with E-state index in [4.69, 9.17) is 0 Å². The van der Waals surface area contributed by atoms with E-state index >= 15 is 0 Å². The largest absolute Gasteiger partial charge is 0.355 e. The van der Waals surface area contributed by atoms with Crippen LogP contribution in [0.4, 0.5) is 0 Å². The zero-order valence-electron chi connectivity index (χ0n) is 6.48. The summed E-state index contributed by atoms with van der Waals surface area (Å²) in [6.07, 6.45) is 0.773. The maximum atomic E-state index is 10.9. The van der Waals surface area contributed by atoms with Crippen LogP contribution in [0.5, 0.6) is 0 Å². The summed E-state index contributed by atoms with van der Waals surface area (Å²) in [5.74, 6) is 1.76. The molecule has 0 aromatic heterocycles. The van der Waals surface area contributed by atoms with E-state index < -0.39 is 0 Å². The molecule has 10 heavy (non-hydrogen) atoms. The molecule has 0 aromatic rings. The minimum Gasteiger partial charge on any atom is -0.355 e.